The Morgan fingerprint density at radius 1 is 1.12 bits per heavy atom. The molecule has 2 atom stereocenters. The molecule has 2 aliphatic rings. The summed E-state index contributed by atoms with van der Waals surface area (Å²) in [5.74, 6) is -1.43. The quantitative estimate of drug-likeness (QED) is 0.634. The van der Waals surface area contributed by atoms with Gasteiger partial charge in [-0.2, -0.15) is 0 Å². The molecule has 0 spiro atoms. The monoisotopic (exact) mass is 469 g/mol. The first-order valence-electron chi connectivity index (χ1n) is 11.5. The Balaban J connectivity index is 1.52. The number of benzene rings is 1. The van der Waals surface area contributed by atoms with Gasteiger partial charge < -0.3 is 10.6 Å². The lowest BCUT2D eigenvalue weighted by molar-refractivity contribution is -0.138. The first-order valence-corrected chi connectivity index (χ1v) is 12.5. The van der Waals surface area contributed by atoms with Crippen LogP contribution in [0.3, 0.4) is 0 Å². The molecule has 1 aromatic carbocycles. The van der Waals surface area contributed by atoms with E-state index in [1.165, 1.54) is 24.2 Å². The van der Waals surface area contributed by atoms with Crippen LogP contribution in [0.1, 0.15) is 31.7 Å². The third-order valence-corrected chi connectivity index (χ3v) is 6.88. The van der Waals surface area contributed by atoms with Gasteiger partial charge in [0, 0.05) is 44.0 Å². The minimum absolute atomic E-state index is 0.0457. The van der Waals surface area contributed by atoms with Crippen molar-refractivity contribution in [1.82, 2.24) is 14.8 Å². The van der Waals surface area contributed by atoms with E-state index in [0.717, 1.165) is 23.6 Å². The first kappa shape index (κ1) is 23.5. The highest BCUT2D eigenvalue weighted by Gasteiger charge is 2.36. The molecule has 1 aliphatic carbocycles. The van der Waals surface area contributed by atoms with E-state index < -0.39 is 23.8 Å². The molecule has 1 aliphatic heterocycles. The summed E-state index contributed by atoms with van der Waals surface area (Å²) in [7, 11) is 0. The zero-order valence-corrected chi connectivity index (χ0v) is 19.7. The molecule has 1 saturated heterocycles. The Labute approximate surface area is 198 Å². The molecular formula is C24H31N5O3S. The molecule has 2 fully saturated rings. The largest absolute Gasteiger partial charge is 0.340 e. The van der Waals surface area contributed by atoms with Gasteiger partial charge in [-0.1, -0.05) is 30.3 Å². The van der Waals surface area contributed by atoms with Crippen LogP contribution < -0.4 is 10.6 Å². The van der Waals surface area contributed by atoms with Crippen molar-refractivity contribution in [3.05, 3.63) is 46.8 Å². The molecule has 176 valence electrons. The van der Waals surface area contributed by atoms with E-state index in [2.05, 4.69) is 9.88 Å². The molecule has 4 rings (SSSR count). The number of piperazine rings is 1. The van der Waals surface area contributed by atoms with Crippen molar-refractivity contribution in [3.63, 3.8) is 0 Å². The first-order chi connectivity index (χ1) is 15.9. The van der Waals surface area contributed by atoms with E-state index in [-0.39, 0.29) is 18.1 Å². The average molecular weight is 470 g/mol. The lowest BCUT2D eigenvalue weighted by Crippen LogP contribution is -2.51. The summed E-state index contributed by atoms with van der Waals surface area (Å²) in [5, 5.41) is 1.65. The second-order valence-corrected chi connectivity index (χ2v) is 9.60. The van der Waals surface area contributed by atoms with Crippen molar-refractivity contribution in [2.45, 2.75) is 44.7 Å². The third kappa shape index (κ3) is 5.85. The van der Waals surface area contributed by atoms with Gasteiger partial charge in [-0.05, 0) is 31.7 Å². The fourth-order valence-corrected chi connectivity index (χ4v) is 4.82. The lowest BCUT2D eigenvalue weighted by Gasteiger charge is -2.35. The van der Waals surface area contributed by atoms with Gasteiger partial charge in [0.15, 0.2) is 5.82 Å². The van der Waals surface area contributed by atoms with E-state index >= 15 is 0 Å². The van der Waals surface area contributed by atoms with Gasteiger partial charge in [-0.25, -0.2) is 9.88 Å². The highest BCUT2D eigenvalue weighted by molar-refractivity contribution is 7.08. The fraction of sp³-hybridized carbons (Fsp3) is 0.500. The van der Waals surface area contributed by atoms with Crippen molar-refractivity contribution in [2.24, 2.45) is 11.7 Å². The normalized spacial score (nSPS) is 18.5. The molecule has 0 radical (unpaired) electrons. The number of imide groups is 1. The number of hydrogen-bond acceptors (Lipinski definition) is 7. The fourth-order valence-electron chi connectivity index (χ4n) is 4.30. The number of hydrogen-bond donors (Lipinski definition) is 1. The summed E-state index contributed by atoms with van der Waals surface area (Å²) in [6, 6.07) is 9.40. The predicted molar refractivity (Wildman–Crippen MR) is 128 cm³/mol. The highest BCUT2D eigenvalue weighted by Crippen LogP contribution is 2.28. The Hall–Kier alpha value is -2.62. The molecule has 0 bridgehead atoms. The Kier molecular flexibility index (Phi) is 7.52. The maximum absolute atomic E-state index is 13.7. The predicted octanol–water partition coefficient (Wildman–Crippen LogP) is 1.91. The maximum atomic E-state index is 13.7. The molecule has 1 saturated carbocycles. The van der Waals surface area contributed by atoms with Gasteiger partial charge in [0.25, 0.3) is 5.91 Å². The Bertz CT molecular complexity index is 954. The number of carbonyl (C=O) groups is 3. The lowest BCUT2D eigenvalue weighted by atomic mass is 9.93. The minimum Gasteiger partial charge on any atom is -0.340 e. The van der Waals surface area contributed by atoms with Crippen LogP contribution in [0, 0.1) is 5.92 Å². The van der Waals surface area contributed by atoms with Crippen molar-refractivity contribution >= 4 is 34.9 Å². The second kappa shape index (κ2) is 10.5. The van der Waals surface area contributed by atoms with Crippen LogP contribution in [0.2, 0.25) is 0 Å². The molecule has 9 heteroatoms. The number of aromatic nitrogens is 1. The van der Waals surface area contributed by atoms with E-state index in [4.69, 9.17) is 5.73 Å². The number of amides is 3. The molecule has 2 aromatic rings. The van der Waals surface area contributed by atoms with Crippen LogP contribution in [0.15, 0.2) is 41.2 Å². The van der Waals surface area contributed by atoms with Gasteiger partial charge in [-0.3, -0.25) is 19.3 Å². The summed E-state index contributed by atoms with van der Waals surface area (Å²) in [6.07, 6.45) is 2.91. The SMILES string of the molecule is C[C@@H](N)C(=O)N(C(=O)C(CC(=O)N1CCN(C2CC2)CC1)Cc1ccccc1)c1cscn1. The Morgan fingerprint density at radius 3 is 2.39 bits per heavy atom. The zero-order chi connectivity index (χ0) is 23.4. The summed E-state index contributed by atoms with van der Waals surface area (Å²) < 4.78 is 0. The summed E-state index contributed by atoms with van der Waals surface area (Å²) in [6.45, 7) is 4.65. The number of thiazole rings is 1. The van der Waals surface area contributed by atoms with Crippen molar-refractivity contribution in [1.29, 1.82) is 0 Å². The van der Waals surface area contributed by atoms with Crippen LogP contribution >= 0.6 is 11.3 Å². The second-order valence-electron chi connectivity index (χ2n) is 8.89. The number of nitrogens with zero attached hydrogens (tertiary/aromatic N) is 4. The average Bonchev–Trinajstić information content (AvgIpc) is 3.54. The Morgan fingerprint density at radius 2 is 1.82 bits per heavy atom. The van der Waals surface area contributed by atoms with Crippen LogP contribution in [-0.2, 0) is 20.8 Å². The molecule has 8 nitrogen and oxygen atoms in total. The molecule has 2 heterocycles. The molecule has 1 unspecified atom stereocenters. The van der Waals surface area contributed by atoms with E-state index in [0.29, 0.717) is 25.6 Å². The van der Waals surface area contributed by atoms with Gasteiger partial charge in [0.2, 0.25) is 11.8 Å². The molecular weight excluding hydrogens is 438 g/mol. The van der Waals surface area contributed by atoms with Gasteiger partial charge in [-0.15, -0.1) is 11.3 Å². The molecule has 33 heavy (non-hydrogen) atoms. The van der Waals surface area contributed by atoms with Crippen LogP contribution in [0.5, 0.6) is 0 Å². The highest BCUT2D eigenvalue weighted by atomic mass is 32.1. The maximum Gasteiger partial charge on any atom is 0.251 e. The number of rotatable bonds is 8. The number of nitrogens with two attached hydrogens (primary N) is 1. The van der Waals surface area contributed by atoms with Crippen molar-refractivity contribution in [3.8, 4) is 0 Å². The van der Waals surface area contributed by atoms with Gasteiger partial charge in [0.05, 0.1) is 17.5 Å². The summed E-state index contributed by atoms with van der Waals surface area (Å²) in [4.78, 5) is 49.3. The summed E-state index contributed by atoms with van der Waals surface area (Å²) in [5.41, 5.74) is 8.36. The molecule has 3 amide bonds. The summed E-state index contributed by atoms with van der Waals surface area (Å²) >= 11 is 1.30. The van der Waals surface area contributed by atoms with Gasteiger partial charge >= 0.3 is 0 Å². The van der Waals surface area contributed by atoms with E-state index in [1.807, 2.05) is 35.2 Å². The van der Waals surface area contributed by atoms with Crippen molar-refractivity contribution < 1.29 is 14.4 Å². The minimum atomic E-state index is -0.862. The smallest absolute Gasteiger partial charge is 0.251 e. The molecule has 1 aromatic heterocycles. The van der Waals surface area contributed by atoms with Crippen LogP contribution in [0.25, 0.3) is 0 Å². The zero-order valence-electron chi connectivity index (χ0n) is 18.9. The number of carbonyl (C=O) groups excluding carboxylic acids is 3. The van der Waals surface area contributed by atoms with Crippen LogP contribution in [-0.4, -0.2) is 70.8 Å². The van der Waals surface area contributed by atoms with E-state index in [1.54, 1.807) is 17.8 Å². The van der Waals surface area contributed by atoms with Crippen LogP contribution in [0.4, 0.5) is 5.82 Å². The topological polar surface area (TPSA) is 99.8 Å². The van der Waals surface area contributed by atoms with E-state index in [9.17, 15) is 14.4 Å². The molecule has 2 N–H and O–H groups in total. The van der Waals surface area contributed by atoms with Gasteiger partial charge in [0.1, 0.15) is 0 Å². The number of anilines is 1. The van der Waals surface area contributed by atoms with Crippen molar-refractivity contribution in [2.75, 3.05) is 31.1 Å². The third-order valence-electron chi connectivity index (χ3n) is 6.30. The standard InChI is InChI=1S/C24H31N5O3S/c1-17(25)23(31)29(21-15-33-16-26-21)24(32)19(13-18-5-3-2-4-6-18)14-22(30)28-11-9-27(10-12-28)20-7-8-20/h2-6,15-17,19-20H,7-14,25H2,1H3/t17-,19?/m1/s1.